The van der Waals surface area contributed by atoms with Crippen molar-refractivity contribution in [2.45, 2.75) is 59.0 Å². The maximum absolute atomic E-state index is 12.6. The number of carbonyl (C=O) groups is 1. The lowest BCUT2D eigenvalue weighted by atomic mass is 10.0. The average Bonchev–Trinajstić information content (AvgIpc) is 2.79. The van der Waals surface area contributed by atoms with Gasteiger partial charge in [-0.3, -0.25) is 9.69 Å². The second kappa shape index (κ2) is 10.1. The van der Waals surface area contributed by atoms with Crippen LogP contribution in [0, 0.1) is 13.8 Å². The lowest BCUT2D eigenvalue weighted by molar-refractivity contribution is -0.121. The topological polar surface area (TPSA) is 62.6 Å². The van der Waals surface area contributed by atoms with Crippen LogP contribution in [-0.2, 0) is 24.3 Å². The molecule has 1 aliphatic heterocycles. The number of amides is 1. The van der Waals surface area contributed by atoms with E-state index in [0.717, 1.165) is 41.7 Å². The number of hydrogen-bond acceptors (Lipinski definition) is 4. The lowest BCUT2D eigenvalue weighted by Crippen LogP contribution is -2.30. The zero-order valence-corrected chi connectivity index (χ0v) is 19.1. The van der Waals surface area contributed by atoms with E-state index in [9.17, 15) is 9.59 Å². The molecule has 0 bridgehead atoms. The van der Waals surface area contributed by atoms with E-state index in [0.29, 0.717) is 24.1 Å². The Hall–Kier alpha value is -2.92. The highest BCUT2D eigenvalue weighted by Gasteiger charge is 2.15. The Bertz CT molecular complexity index is 1160. The van der Waals surface area contributed by atoms with Gasteiger partial charge in [-0.25, -0.2) is 4.79 Å². The van der Waals surface area contributed by atoms with E-state index in [4.69, 9.17) is 4.42 Å². The summed E-state index contributed by atoms with van der Waals surface area (Å²) in [4.78, 5) is 27.5. The van der Waals surface area contributed by atoms with Crippen molar-refractivity contribution in [3.8, 4) is 0 Å². The summed E-state index contributed by atoms with van der Waals surface area (Å²) < 4.78 is 5.51. The Morgan fingerprint density at radius 3 is 2.56 bits per heavy atom. The number of aryl methyl sites for hydroxylation is 2. The normalized spacial score (nSPS) is 14.6. The van der Waals surface area contributed by atoms with Crippen molar-refractivity contribution in [3.63, 3.8) is 0 Å². The second-order valence-corrected chi connectivity index (χ2v) is 8.87. The fraction of sp³-hybridized carbons (Fsp3) is 0.407. The number of piperidine rings is 1. The molecule has 0 spiro atoms. The Morgan fingerprint density at radius 2 is 1.78 bits per heavy atom. The van der Waals surface area contributed by atoms with Crippen LogP contribution in [0.4, 0.5) is 0 Å². The summed E-state index contributed by atoms with van der Waals surface area (Å²) >= 11 is 0. The van der Waals surface area contributed by atoms with Crippen LogP contribution in [0.25, 0.3) is 11.0 Å². The Morgan fingerprint density at radius 1 is 1.03 bits per heavy atom. The predicted octanol–water partition coefficient (Wildman–Crippen LogP) is 4.64. The van der Waals surface area contributed by atoms with E-state index in [2.05, 4.69) is 28.4 Å². The first-order chi connectivity index (χ1) is 15.5. The van der Waals surface area contributed by atoms with Crippen LogP contribution in [0.3, 0.4) is 0 Å². The van der Waals surface area contributed by atoms with Gasteiger partial charge in [-0.15, -0.1) is 0 Å². The van der Waals surface area contributed by atoms with E-state index in [1.807, 2.05) is 38.1 Å². The van der Waals surface area contributed by atoms with Gasteiger partial charge in [-0.05, 0) is 74.5 Å². The molecule has 1 saturated heterocycles. The molecule has 0 saturated carbocycles. The molecule has 2 heterocycles. The number of benzene rings is 2. The first kappa shape index (κ1) is 22.3. The molecular weight excluding hydrogens is 400 g/mol. The number of fused-ring (bicyclic) bond motifs is 1. The van der Waals surface area contributed by atoms with Gasteiger partial charge >= 0.3 is 5.63 Å². The molecule has 1 N–H and O–H groups in total. The molecule has 32 heavy (non-hydrogen) atoms. The molecule has 1 amide bonds. The number of hydrogen-bond donors (Lipinski definition) is 1. The van der Waals surface area contributed by atoms with Gasteiger partial charge in [-0.1, -0.05) is 42.8 Å². The molecule has 5 nitrogen and oxygen atoms in total. The standard InChI is InChI=1S/C27H32N2O3/c1-19-10-11-23-20(2)24(27(31)32-25(23)16-19)12-13-26(30)28-17-21-8-4-5-9-22(21)18-29-14-6-3-7-15-29/h4-5,8-11,16H,3,6-7,12-15,17-18H2,1-2H3,(H,28,30). The highest BCUT2D eigenvalue weighted by molar-refractivity contribution is 5.82. The number of nitrogens with one attached hydrogen (secondary N) is 1. The number of nitrogens with zero attached hydrogens (tertiary/aromatic N) is 1. The van der Waals surface area contributed by atoms with E-state index < -0.39 is 0 Å². The third-order valence-electron chi connectivity index (χ3n) is 6.48. The van der Waals surface area contributed by atoms with Crippen LogP contribution < -0.4 is 10.9 Å². The summed E-state index contributed by atoms with van der Waals surface area (Å²) in [6.45, 7) is 7.63. The van der Waals surface area contributed by atoms with Gasteiger partial charge in [0.15, 0.2) is 0 Å². The fourth-order valence-electron chi connectivity index (χ4n) is 4.55. The average molecular weight is 433 g/mol. The summed E-state index contributed by atoms with van der Waals surface area (Å²) in [7, 11) is 0. The molecule has 0 radical (unpaired) electrons. The maximum Gasteiger partial charge on any atom is 0.339 e. The Balaban J connectivity index is 1.37. The van der Waals surface area contributed by atoms with Crippen molar-refractivity contribution >= 4 is 16.9 Å². The zero-order chi connectivity index (χ0) is 22.5. The molecule has 0 unspecified atom stereocenters. The third-order valence-corrected chi connectivity index (χ3v) is 6.48. The lowest BCUT2D eigenvalue weighted by Gasteiger charge is -2.27. The molecule has 0 aliphatic carbocycles. The highest BCUT2D eigenvalue weighted by atomic mass is 16.4. The molecule has 3 aromatic rings. The number of rotatable bonds is 7. The first-order valence-corrected chi connectivity index (χ1v) is 11.6. The monoisotopic (exact) mass is 432 g/mol. The summed E-state index contributed by atoms with van der Waals surface area (Å²) in [6.07, 6.45) is 4.49. The predicted molar refractivity (Wildman–Crippen MR) is 128 cm³/mol. The molecule has 1 aromatic heterocycles. The minimum Gasteiger partial charge on any atom is -0.423 e. The SMILES string of the molecule is Cc1ccc2c(C)c(CCC(=O)NCc3ccccc3CN3CCCCC3)c(=O)oc2c1. The molecule has 5 heteroatoms. The highest BCUT2D eigenvalue weighted by Crippen LogP contribution is 2.21. The van der Waals surface area contributed by atoms with E-state index in [-0.39, 0.29) is 18.0 Å². The summed E-state index contributed by atoms with van der Waals surface area (Å²) in [5.41, 5.74) is 5.22. The van der Waals surface area contributed by atoms with Gasteiger partial charge in [0.05, 0.1) is 0 Å². The molecule has 1 fully saturated rings. The fourth-order valence-corrected chi connectivity index (χ4v) is 4.55. The van der Waals surface area contributed by atoms with Crippen molar-refractivity contribution in [1.29, 1.82) is 0 Å². The van der Waals surface area contributed by atoms with Crippen molar-refractivity contribution < 1.29 is 9.21 Å². The molecule has 168 valence electrons. The first-order valence-electron chi connectivity index (χ1n) is 11.6. The number of likely N-dealkylation sites (tertiary alicyclic amines) is 1. The largest absolute Gasteiger partial charge is 0.423 e. The van der Waals surface area contributed by atoms with Gasteiger partial charge in [-0.2, -0.15) is 0 Å². The van der Waals surface area contributed by atoms with Crippen molar-refractivity contribution in [2.75, 3.05) is 13.1 Å². The van der Waals surface area contributed by atoms with Crippen molar-refractivity contribution in [1.82, 2.24) is 10.2 Å². The van der Waals surface area contributed by atoms with Gasteiger partial charge in [0, 0.05) is 30.5 Å². The quantitative estimate of drug-likeness (QED) is 0.552. The van der Waals surface area contributed by atoms with Gasteiger partial charge in [0.2, 0.25) is 5.91 Å². The third kappa shape index (κ3) is 5.28. The Labute approximate surface area is 189 Å². The van der Waals surface area contributed by atoms with Crippen LogP contribution in [0.5, 0.6) is 0 Å². The minimum atomic E-state index is -0.347. The maximum atomic E-state index is 12.6. The molecule has 4 rings (SSSR count). The Kier molecular flexibility index (Phi) is 7.05. The molecule has 2 aromatic carbocycles. The van der Waals surface area contributed by atoms with E-state index >= 15 is 0 Å². The summed E-state index contributed by atoms with van der Waals surface area (Å²) in [6, 6.07) is 14.2. The van der Waals surface area contributed by atoms with Crippen LogP contribution in [-0.4, -0.2) is 23.9 Å². The van der Waals surface area contributed by atoms with Crippen molar-refractivity contribution in [3.05, 3.63) is 80.7 Å². The van der Waals surface area contributed by atoms with Gasteiger partial charge in [0.25, 0.3) is 0 Å². The summed E-state index contributed by atoms with van der Waals surface area (Å²) in [5, 5.41) is 3.97. The minimum absolute atomic E-state index is 0.0550. The summed E-state index contributed by atoms with van der Waals surface area (Å²) in [5.74, 6) is -0.0550. The molecule has 1 aliphatic rings. The molecular formula is C27H32N2O3. The van der Waals surface area contributed by atoms with E-state index in [1.54, 1.807) is 0 Å². The van der Waals surface area contributed by atoms with Gasteiger partial charge in [0.1, 0.15) is 5.58 Å². The zero-order valence-electron chi connectivity index (χ0n) is 19.1. The van der Waals surface area contributed by atoms with E-state index in [1.165, 1.54) is 24.8 Å². The smallest absolute Gasteiger partial charge is 0.339 e. The van der Waals surface area contributed by atoms with Crippen LogP contribution in [0.1, 0.15) is 53.5 Å². The molecule has 0 atom stereocenters. The number of carbonyl (C=O) groups excluding carboxylic acids is 1. The van der Waals surface area contributed by atoms with Crippen molar-refractivity contribution in [2.24, 2.45) is 0 Å². The van der Waals surface area contributed by atoms with Crippen LogP contribution in [0.15, 0.2) is 51.7 Å². The van der Waals surface area contributed by atoms with Crippen LogP contribution >= 0.6 is 0 Å². The van der Waals surface area contributed by atoms with Crippen LogP contribution in [0.2, 0.25) is 0 Å². The van der Waals surface area contributed by atoms with Gasteiger partial charge < -0.3 is 9.73 Å². The second-order valence-electron chi connectivity index (χ2n) is 8.87.